The fraction of sp³-hybridized carbons (Fsp3) is 0.409. The van der Waals surface area contributed by atoms with Crippen molar-refractivity contribution in [2.45, 2.75) is 51.5 Å². The minimum atomic E-state index is -3.78. The highest BCUT2D eigenvalue weighted by Crippen LogP contribution is 2.19. The molecule has 0 atom stereocenters. The molecule has 2 aromatic rings. The molecule has 0 spiro atoms. The molecule has 2 rings (SSSR count). The Morgan fingerprint density at radius 1 is 0.929 bits per heavy atom. The summed E-state index contributed by atoms with van der Waals surface area (Å²) in [6.07, 6.45) is 3.00. The summed E-state index contributed by atoms with van der Waals surface area (Å²) in [5.74, 6) is -0.279. The molecule has 2 aromatic carbocycles. The topological polar surface area (TPSA) is 66.5 Å². The van der Waals surface area contributed by atoms with Crippen LogP contribution in [0, 0.1) is 13.8 Å². The Morgan fingerprint density at radius 2 is 1.50 bits per heavy atom. The van der Waals surface area contributed by atoms with Crippen LogP contribution < -0.4 is 5.32 Å². The van der Waals surface area contributed by atoms with Gasteiger partial charge in [-0.3, -0.25) is 4.79 Å². The molecule has 0 aliphatic carbocycles. The van der Waals surface area contributed by atoms with Crippen LogP contribution in [-0.2, 0) is 21.4 Å². The number of amides is 1. The van der Waals surface area contributed by atoms with Crippen LogP contribution in [0.5, 0.6) is 0 Å². The van der Waals surface area contributed by atoms with E-state index in [0.29, 0.717) is 6.54 Å². The first-order valence-electron chi connectivity index (χ1n) is 9.72. The zero-order valence-electron chi connectivity index (χ0n) is 16.9. The lowest BCUT2D eigenvalue weighted by atomic mass is 10.1. The maximum Gasteiger partial charge on any atom is 0.243 e. The summed E-state index contributed by atoms with van der Waals surface area (Å²) in [4.78, 5) is 12.6. The number of aryl methyl sites for hydroxylation is 2. The lowest BCUT2D eigenvalue weighted by Crippen LogP contribution is -2.40. The third kappa shape index (κ3) is 6.46. The molecule has 0 unspecified atom stereocenters. The molecule has 5 nitrogen and oxygen atoms in total. The molecule has 0 bridgehead atoms. The molecule has 0 aliphatic rings. The Labute approximate surface area is 168 Å². The van der Waals surface area contributed by atoms with Crippen LogP contribution in [0.15, 0.2) is 53.4 Å². The van der Waals surface area contributed by atoms with E-state index < -0.39 is 10.0 Å². The molecule has 6 heteroatoms. The number of nitrogens with zero attached hydrogens (tertiary/aromatic N) is 1. The van der Waals surface area contributed by atoms with E-state index >= 15 is 0 Å². The van der Waals surface area contributed by atoms with Gasteiger partial charge in [-0.15, -0.1) is 0 Å². The highest BCUT2D eigenvalue weighted by Gasteiger charge is 2.26. The summed E-state index contributed by atoms with van der Waals surface area (Å²) in [5, 5.41) is 2.83. The predicted octanol–water partition coefficient (Wildman–Crippen LogP) is 3.80. The third-order valence-corrected chi connectivity index (χ3v) is 6.37. The van der Waals surface area contributed by atoms with Crippen LogP contribution in [0.1, 0.15) is 42.9 Å². The molecule has 0 fully saturated rings. The second-order valence-electron chi connectivity index (χ2n) is 7.13. The van der Waals surface area contributed by atoms with Crippen molar-refractivity contribution >= 4 is 15.9 Å². The maximum atomic E-state index is 13.2. The zero-order chi connectivity index (χ0) is 20.6. The molecule has 28 heavy (non-hydrogen) atoms. The first kappa shape index (κ1) is 22.1. The molecule has 0 aliphatic heterocycles. The molecule has 1 amide bonds. The first-order valence-corrected chi connectivity index (χ1v) is 11.2. The van der Waals surface area contributed by atoms with E-state index in [1.165, 1.54) is 4.31 Å². The standard InChI is InChI=1S/C22H30N2O3S/c1-4-5-6-15-23-22(25)17-24(16-20-11-7-18(2)8-12-20)28(26,27)21-13-9-19(3)10-14-21/h7-14H,4-6,15-17H2,1-3H3,(H,23,25). The van der Waals surface area contributed by atoms with Gasteiger partial charge < -0.3 is 5.32 Å². The van der Waals surface area contributed by atoms with Crippen molar-refractivity contribution in [3.8, 4) is 0 Å². The van der Waals surface area contributed by atoms with Crippen molar-refractivity contribution in [3.63, 3.8) is 0 Å². The summed E-state index contributed by atoms with van der Waals surface area (Å²) < 4.78 is 27.6. The summed E-state index contributed by atoms with van der Waals surface area (Å²) in [6.45, 7) is 6.50. The van der Waals surface area contributed by atoms with Gasteiger partial charge in [0, 0.05) is 13.1 Å². The minimum Gasteiger partial charge on any atom is -0.355 e. The number of sulfonamides is 1. The van der Waals surface area contributed by atoms with Gasteiger partial charge in [0.25, 0.3) is 0 Å². The molecular weight excluding hydrogens is 372 g/mol. The largest absolute Gasteiger partial charge is 0.355 e. The summed E-state index contributed by atoms with van der Waals surface area (Å²) in [5.41, 5.74) is 2.93. The summed E-state index contributed by atoms with van der Waals surface area (Å²) >= 11 is 0. The van der Waals surface area contributed by atoms with Crippen LogP contribution in [0.25, 0.3) is 0 Å². The van der Waals surface area contributed by atoms with Crippen LogP contribution >= 0.6 is 0 Å². The van der Waals surface area contributed by atoms with E-state index in [2.05, 4.69) is 12.2 Å². The average molecular weight is 403 g/mol. The monoisotopic (exact) mass is 402 g/mol. The highest BCUT2D eigenvalue weighted by molar-refractivity contribution is 7.89. The van der Waals surface area contributed by atoms with E-state index in [1.807, 2.05) is 38.1 Å². The zero-order valence-corrected chi connectivity index (χ0v) is 17.8. The predicted molar refractivity (Wildman–Crippen MR) is 112 cm³/mol. The molecule has 152 valence electrons. The van der Waals surface area contributed by atoms with Gasteiger partial charge in [0.1, 0.15) is 0 Å². The highest BCUT2D eigenvalue weighted by atomic mass is 32.2. The molecular formula is C22H30N2O3S. The number of unbranched alkanes of at least 4 members (excludes halogenated alkanes) is 2. The average Bonchev–Trinajstić information content (AvgIpc) is 2.67. The van der Waals surface area contributed by atoms with Gasteiger partial charge >= 0.3 is 0 Å². The van der Waals surface area contributed by atoms with E-state index in [1.54, 1.807) is 24.3 Å². The first-order chi connectivity index (χ1) is 13.3. The van der Waals surface area contributed by atoms with E-state index in [4.69, 9.17) is 0 Å². The second kappa shape index (κ2) is 10.4. The molecule has 1 N–H and O–H groups in total. The van der Waals surface area contributed by atoms with Crippen LogP contribution in [0.2, 0.25) is 0 Å². The van der Waals surface area contributed by atoms with Crippen LogP contribution in [0.3, 0.4) is 0 Å². The summed E-state index contributed by atoms with van der Waals surface area (Å²) in [6, 6.07) is 14.4. The van der Waals surface area contributed by atoms with E-state index in [0.717, 1.165) is 36.0 Å². The molecule has 0 saturated carbocycles. The Balaban J connectivity index is 2.20. The number of rotatable bonds is 10. The number of hydrogen-bond donors (Lipinski definition) is 1. The van der Waals surface area contributed by atoms with Gasteiger partial charge in [-0.1, -0.05) is 67.3 Å². The van der Waals surface area contributed by atoms with Gasteiger partial charge in [-0.2, -0.15) is 4.31 Å². The van der Waals surface area contributed by atoms with Crippen molar-refractivity contribution in [3.05, 3.63) is 65.2 Å². The van der Waals surface area contributed by atoms with Crippen LogP contribution in [-0.4, -0.2) is 31.7 Å². The minimum absolute atomic E-state index is 0.152. The van der Waals surface area contributed by atoms with Gasteiger partial charge in [-0.05, 0) is 38.0 Å². The quantitative estimate of drug-likeness (QED) is 0.615. The Morgan fingerprint density at radius 3 is 2.07 bits per heavy atom. The van der Waals surface area contributed by atoms with Gasteiger partial charge in [0.2, 0.25) is 15.9 Å². The lowest BCUT2D eigenvalue weighted by Gasteiger charge is -2.22. The normalized spacial score (nSPS) is 11.6. The maximum absolute atomic E-state index is 13.2. The lowest BCUT2D eigenvalue weighted by molar-refractivity contribution is -0.121. The fourth-order valence-electron chi connectivity index (χ4n) is 2.80. The van der Waals surface area contributed by atoms with Crippen molar-refractivity contribution in [2.75, 3.05) is 13.1 Å². The number of benzene rings is 2. The van der Waals surface area contributed by atoms with Crippen molar-refractivity contribution < 1.29 is 13.2 Å². The Bertz CT molecular complexity index is 860. The molecule has 0 radical (unpaired) electrons. The fourth-order valence-corrected chi connectivity index (χ4v) is 4.19. The smallest absolute Gasteiger partial charge is 0.243 e. The number of carbonyl (C=O) groups excluding carboxylic acids is 1. The SMILES string of the molecule is CCCCCNC(=O)CN(Cc1ccc(C)cc1)S(=O)(=O)c1ccc(C)cc1. The third-order valence-electron chi connectivity index (χ3n) is 4.56. The molecule has 0 heterocycles. The summed E-state index contributed by atoms with van der Waals surface area (Å²) in [7, 11) is -3.78. The van der Waals surface area contributed by atoms with Crippen molar-refractivity contribution in [1.29, 1.82) is 0 Å². The van der Waals surface area contributed by atoms with E-state index in [-0.39, 0.29) is 23.9 Å². The number of nitrogens with one attached hydrogen (secondary N) is 1. The van der Waals surface area contributed by atoms with Crippen molar-refractivity contribution in [1.82, 2.24) is 9.62 Å². The van der Waals surface area contributed by atoms with Gasteiger partial charge in [0.05, 0.1) is 11.4 Å². The molecule has 0 saturated heterocycles. The molecule has 0 aromatic heterocycles. The Kier molecular flexibility index (Phi) is 8.20. The van der Waals surface area contributed by atoms with Crippen LogP contribution in [0.4, 0.5) is 0 Å². The van der Waals surface area contributed by atoms with Crippen molar-refractivity contribution in [2.24, 2.45) is 0 Å². The van der Waals surface area contributed by atoms with E-state index in [9.17, 15) is 13.2 Å². The number of carbonyl (C=O) groups is 1. The number of hydrogen-bond acceptors (Lipinski definition) is 3. The second-order valence-corrected chi connectivity index (χ2v) is 9.07. The van der Waals surface area contributed by atoms with Gasteiger partial charge in [0.15, 0.2) is 0 Å². The van der Waals surface area contributed by atoms with Gasteiger partial charge in [-0.25, -0.2) is 8.42 Å². The Hall–Kier alpha value is -2.18.